The van der Waals surface area contributed by atoms with E-state index in [9.17, 15) is 9.59 Å². The van der Waals surface area contributed by atoms with Gasteiger partial charge in [-0.1, -0.05) is 91.9 Å². The molecule has 2 aliphatic carbocycles. The van der Waals surface area contributed by atoms with Gasteiger partial charge in [0.2, 0.25) is 0 Å². The van der Waals surface area contributed by atoms with E-state index in [2.05, 4.69) is 23.5 Å². The average Bonchev–Trinajstić information content (AvgIpc) is 3.10. The van der Waals surface area contributed by atoms with Crippen LogP contribution < -0.4 is 5.32 Å². The predicted octanol–water partition coefficient (Wildman–Crippen LogP) is 5.77. The van der Waals surface area contributed by atoms with E-state index in [4.69, 9.17) is 4.74 Å². The van der Waals surface area contributed by atoms with E-state index in [0.29, 0.717) is 18.5 Å². The normalized spacial score (nSPS) is 23.3. The third-order valence-corrected chi connectivity index (χ3v) is 7.39. The molecule has 0 saturated carbocycles. The van der Waals surface area contributed by atoms with Crippen molar-refractivity contribution in [3.05, 3.63) is 118 Å². The number of Topliss-reactive ketones (excluding diaryl/α,β-unsaturated/α-hetero) is 1. The van der Waals surface area contributed by atoms with E-state index in [-0.39, 0.29) is 24.3 Å². The lowest BCUT2D eigenvalue weighted by atomic mass is 9.58. The molecule has 4 nitrogen and oxygen atoms in total. The molecule has 1 N–H and O–H groups in total. The van der Waals surface area contributed by atoms with Crippen LogP contribution in [0.3, 0.4) is 0 Å². The number of hydrogen-bond donors (Lipinski definition) is 1. The minimum Gasteiger partial charge on any atom is -0.463 e. The number of hydrogen-bond acceptors (Lipinski definition) is 4. The number of benzene rings is 3. The molecule has 3 unspecified atom stereocenters. The Morgan fingerprint density at radius 1 is 0.971 bits per heavy atom. The van der Waals surface area contributed by atoms with Crippen LogP contribution in [0.2, 0.25) is 0 Å². The molecule has 3 aromatic carbocycles. The van der Waals surface area contributed by atoms with Gasteiger partial charge in [0.15, 0.2) is 5.78 Å². The highest BCUT2D eigenvalue weighted by Gasteiger charge is 2.59. The Balaban J connectivity index is 1.69. The van der Waals surface area contributed by atoms with Crippen molar-refractivity contribution in [3.63, 3.8) is 0 Å². The summed E-state index contributed by atoms with van der Waals surface area (Å²) in [6.07, 6.45) is 0.587. The molecule has 4 heteroatoms. The Morgan fingerprint density at radius 3 is 2.32 bits per heavy atom. The molecule has 5 rings (SSSR count). The van der Waals surface area contributed by atoms with Crippen LogP contribution in [0, 0.1) is 5.41 Å². The lowest BCUT2D eigenvalue weighted by Gasteiger charge is -2.44. The van der Waals surface area contributed by atoms with Gasteiger partial charge in [-0.2, -0.15) is 0 Å². The van der Waals surface area contributed by atoms with E-state index >= 15 is 0 Å². The number of fused-ring (bicyclic) bond motifs is 3. The van der Waals surface area contributed by atoms with Crippen LogP contribution in [-0.4, -0.2) is 18.4 Å². The molecule has 0 fully saturated rings. The number of allylic oxidation sites excluding steroid dienone is 1. The number of carbonyl (C=O) groups excluding carboxylic acids is 2. The van der Waals surface area contributed by atoms with Crippen molar-refractivity contribution >= 4 is 11.8 Å². The first-order valence-corrected chi connectivity index (χ1v) is 11.9. The second kappa shape index (κ2) is 8.94. The molecule has 0 radical (unpaired) electrons. The molecule has 0 aliphatic heterocycles. The molecule has 3 atom stereocenters. The van der Waals surface area contributed by atoms with Gasteiger partial charge in [-0.25, -0.2) is 4.79 Å². The standard InChI is InChI=1S/C30H29NO3/c1-3-34-29(33)26-25(31-19-20-12-6-4-7-13-20)18-24-22-16-10-11-17-23(22)28(32)30(24,2)27(26)21-14-8-5-9-15-21/h4-17,24,27,31H,3,18-19H2,1-2H3. The third-order valence-electron chi connectivity index (χ3n) is 7.39. The summed E-state index contributed by atoms with van der Waals surface area (Å²) in [6.45, 7) is 4.73. The molecular formula is C30H29NO3. The van der Waals surface area contributed by atoms with Gasteiger partial charge in [0, 0.05) is 35.1 Å². The number of ether oxygens (including phenoxy) is 1. The summed E-state index contributed by atoms with van der Waals surface area (Å²) in [7, 11) is 0. The average molecular weight is 452 g/mol. The quantitative estimate of drug-likeness (QED) is 0.484. The molecule has 172 valence electrons. The number of rotatable bonds is 6. The van der Waals surface area contributed by atoms with Crippen LogP contribution in [-0.2, 0) is 16.1 Å². The van der Waals surface area contributed by atoms with Crippen molar-refractivity contribution in [2.45, 2.75) is 38.6 Å². The van der Waals surface area contributed by atoms with E-state index in [1.807, 2.05) is 80.6 Å². The van der Waals surface area contributed by atoms with Crippen LogP contribution in [0.25, 0.3) is 0 Å². The zero-order chi connectivity index (χ0) is 23.7. The SMILES string of the molecule is CCOC(=O)C1=C(NCc2ccccc2)CC2c3ccccc3C(=O)C2(C)C1c1ccccc1. The maximum absolute atomic E-state index is 14.0. The first-order chi connectivity index (χ1) is 16.6. The fourth-order valence-electron chi connectivity index (χ4n) is 5.80. The molecule has 0 bridgehead atoms. The Kier molecular flexibility index (Phi) is 5.82. The third kappa shape index (κ3) is 3.54. The minimum absolute atomic E-state index is 0.0298. The summed E-state index contributed by atoms with van der Waals surface area (Å²) < 4.78 is 5.57. The number of nitrogens with one attached hydrogen (secondary N) is 1. The Hall–Kier alpha value is -3.66. The van der Waals surface area contributed by atoms with Gasteiger partial charge < -0.3 is 10.1 Å². The molecule has 0 saturated heterocycles. The first-order valence-electron chi connectivity index (χ1n) is 11.9. The fourth-order valence-corrected chi connectivity index (χ4v) is 5.80. The van der Waals surface area contributed by atoms with Crippen LogP contribution in [0.1, 0.15) is 59.2 Å². The summed E-state index contributed by atoms with van der Waals surface area (Å²) in [5, 5.41) is 3.57. The molecule has 0 heterocycles. The summed E-state index contributed by atoms with van der Waals surface area (Å²) in [6, 6.07) is 28.0. The van der Waals surface area contributed by atoms with Crippen molar-refractivity contribution < 1.29 is 14.3 Å². The van der Waals surface area contributed by atoms with E-state index in [1.165, 1.54) is 0 Å². The lowest BCUT2D eigenvalue weighted by Crippen LogP contribution is -2.43. The van der Waals surface area contributed by atoms with Crippen molar-refractivity contribution in [2.24, 2.45) is 5.41 Å². The summed E-state index contributed by atoms with van der Waals surface area (Å²) in [5.74, 6) is -0.691. The van der Waals surface area contributed by atoms with Gasteiger partial charge >= 0.3 is 5.97 Å². The van der Waals surface area contributed by atoms with Gasteiger partial charge in [-0.15, -0.1) is 0 Å². The molecule has 2 aliphatic rings. The van der Waals surface area contributed by atoms with Crippen molar-refractivity contribution in [2.75, 3.05) is 6.61 Å². The van der Waals surface area contributed by atoms with Crippen LogP contribution in [0.15, 0.2) is 96.2 Å². The molecular weight excluding hydrogens is 422 g/mol. The second-order valence-corrected chi connectivity index (χ2v) is 9.25. The summed E-state index contributed by atoms with van der Waals surface area (Å²) >= 11 is 0. The second-order valence-electron chi connectivity index (χ2n) is 9.25. The Morgan fingerprint density at radius 2 is 1.62 bits per heavy atom. The van der Waals surface area contributed by atoms with E-state index in [1.54, 1.807) is 0 Å². The van der Waals surface area contributed by atoms with E-state index in [0.717, 1.165) is 28.0 Å². The number of ketones is 1. The zero-order valence-corrected chi connectivity index (χ0v) is 19.6. The van der Waals surface area contributed by atoms with Crippen LogP contribution >= 0.6 is 0 Å². The molecule has 3 aromatic rings. The smallest absolute Gasteiger partial charge is 0.336 e. The molecule has 0 spiro atoms. The van der Waals surface area contributed by atoms with Gasteiger partial charge in [-0.3, -0.25) is 4.79 Å². The highest BCUT2D eigenvalue weighted by Crippen LogP contribution is 2.62. The van der Waals surface area contributed by atoms with Crippen LogP contribution in [0.5, 0.6) is 0 Å². The predicted molar refractivity (Wildman–Crippen MR) is 132 cm³/mol. The maximum atomic E-state index is 14.0. The highest BCUT2D eigenvalue weighted by molar-refractivity contribution is 6.08. The zero-order valence-electron chi connectivity index (χ0n) is 19.6. The summed E-state index contributed by atoms with van der Waals surface area (Å²) in [4.78, 5) is 27.4. The Labute approximate surface area is 200 Å². The highest BCUT2D eigenvalue weighted by atomic mass is 16.5. The van der Waals surface area contributed by atoms with Gasteiger partial charge in [0.25, 0.3) is 0 Å². The Bertz CT molecular complexity index is 1250. The molecule has 0 amide bonds. The van der Waals surface area contributed by atoms with Gasteiger partial charge in [0.05, 0.1) is 12.2 Å². The van der Waals surface area contributed by atoms with Crippen molar-refractivity contribution in [3.8, 4) is 0 Å². The van der Waals surface area contributed by atoms with Crippen molar-refractivity contribution in [1.29, 1.82) is 0 Å². The first kappa shape index (κ1) is 22.1. The van der Waals surface area contributed by atoms with Crippen molar-refractivity contribution in [1.82, 2.24) is 5.32 Å². The summed E-state index contributed by atoms with van der Waals surface area (Å²) in [5.41, 5.74) is 4.59. The molecule has 0 aromatic heterocycles. The fraction of sp³-hybridized carbons (Fsp3) is 0.267. The largest absolute Gasteiger partial charge is 0.463 e. The van der Waals surface area contributed by atoms with Gasteiger partial charge in [0.1, 0.15) is 0 Å². The minimum atomic E-state index is -0.773. The van der Waals surface area contributed by atoms with Crippen LogP contribution in [0.4, 0.5) is 0 Å². The maximum Gasteiger partial charge on any atom is 0.336 e. The van der Waals surface area contributed by atoms with Gasteiger partial charge in [-0.05, 0) is 30.0 Å². The topological polar surface area (TPSA) is 55.4 Å². The number of esters is 1. The monoisotopic (exact) mass is 451 g/mol. The van der Waals surface area contributed by atoms with E-state index < -0.39 is 11.3 Å². The molecule has 34 heavy (non-hydrogen) atoms. The lowest BCUT2D eigenvalue weighted by molar-refractivity contribution is -0.139. The number of carbonyl (C=O) groups is 2.